The van der Waals surface area contributed by atoms with Crippen molar-refractivity contribution < 1.29 is 0 Å². The molecule has 0 aliphatic rings. The molecule has 1 N–H and O–H groups in total. The topological polar surface area (TPSA) is 28.7 Å². The number of imidazole rings is 1. The van der Waals surface area contributed by atoms with E-state index in [1.165, 1.54) is 28.7 Å². The van der Waals surface area contributed by atoms with E-state index in [-0.39, 0.29) is 0 Å². The lowest BCUT2D eigenvalue weighted by molar-refractivity contribution is 0.920. The Balaban J connectivity index is 2.12. The van der Waals surface area contributed by atoms with Crippen LogP contribution in [0.4, 0.5) is 0 Å². The number of aromatic amines is 1. The minimum Gasteiger partial charge on any atom is -0.345 e. The fourth-order valence-corrected chi connectivity index (χ4v) is 2.75. The molecule has 0 unspecified atom stereocenters. The summed E-state index contributed by atoms with van der Waals surface area (Å²) in [5.41, 5.74) is 7.58. The van der Waals surface area contributed by atoms with Crippen LogP contribution < -0.4 is 0 Å². The molecule has 20 heavy (non-hydrogen) atoms. The van der Waals surface area contributed by atoms with Crippen LogP contribution in [0.25, 0.3) is 22.2 Å². The summed E-state index contributed by atoms with van der Waals surface area (Å²) in [6, 6.07) is 13.4. The summed E-state index contributed by atoms with van der Waals surface area (Å²) in [6.07, 6.45) is 5.14. The van der Waals surface area contributed by atoms with E-state index in [1.807, 2.05) is 0 Å². The standard InChI is InChI=1S/C18H20N2/c1-3-5-13-6-7-14(4-2)16(10-13)15-8-9-17-18(11-15)20-12-19-17/h6-12H,3-5H2,1-2H3,(H,19,20). The Morgan fingerprint density at radius 3 is 2.75 bits per heavy atom. The van der Waals surface area contributed by atoms with E-state index >= 15 is 0 Å². The number of benzene rings is 2. The first-order valence-electron chi connectivity index (χ1n) is 7.37. The number of hydrogen-bond donors (Lipinski definition) is 1. The van der Waals surface area contributed by atoms with Crippen LogP contribution in [0, 0.1) is 0 Å². The van der Waals surface area contributed by atoms with Gasteiger partial charge < -0.3 is 4.98 Å². The third-order valence-electron chi connectivity index (χ3n) is 3.83. The molecule has 0 fully saturated rings. The van der Waals surface area contributed by atoms with Crippen LogP contribution in [0.15, 0.2) is 42.7 Å². The minimum absolute atomic E-state index is 1.02. The molecule has 102 valence electrons. The van der Waals surface area contributed by atoms with Crippen LogP contribution >= 0.6 is 0 Å². The molecule has 0 amide bonds. The number of nitrogens with one attached hydrogen (secondary N) is 1. The maximum atomic E-state index is 4.29. The van der Waals surface area contributed by atoms with Gasteiger partial charge in [-0.1, -0.05) is 44.5 Å². The molecule has 1 heterocycles. The predicted molar refractivity (Wildman–Crippen MR) is 84.9 cm³/mol. The highest BCUT2D eigenvalue weighted by Gasteiger charge is 2.07. The number of fused-ring (bicyclic) bond motifs is 1. The lowest BCUT2D eigenvalue weighted by Crippen LogP contribution is -1.91. The molecule has 2 aromatic carbocycles. The first-order chi connectivity index (χ1) is 9.81. The molecule has 3 rings (SSSR count). The van der Waals surface area contributed by atoms with Gasteiger partial charge in [-0.2, -0.15) is 0 Å². The number of hydrogen-bond acceptors (Lipinski definition) is 1. The monoisotopic (exact) mass is 264 g/mol. The maximum Gasteiger partial charge on any atom is 0.0931 e. The molecule has 0 bridgehead atoms. The van der Waals surface area contributed by atoms with Crippen molar-refractivity contribution in [1.29, 1.82) is 0 Å². The van der Waals surface area contributed by atoms with Crippen molar-refractivity contribution in [3.63, 3.8) is 0 Å². The Labute approximate surface area is 119 Å². The maximum absolute atomic E-state index is 4.29. The summed E-state index contributed by atoms with van der Waals surface area (Å²) in [6.45, 7) is 4.44. The summed E-state index contributed by atoms with van der Waals surface area (Å²) in [4.78, 5) is 7.48. The van der Waals surface area contributed by atoms with Crippen LogP contribution in [0.1, 0.15) is 31.4 Å². The van der Waals surface area contributed by atoms with Crippen LogP contribution in [-0.2, 0) is 12.8 Å². The van der Waals surface area contributed by atoms with E-state index in [1.54, 1.807) is 6.33 Å². The van der Waals surface area contributed by atoms with Gasteiger partial charge in [0.05, 0.1) is 17.4 Å². The van der Waals surface area contributed by atoms with Crippen molar-refractivity contribution in [2.75, 3.05) is 0 Å². The molecule has 0 saturated carbocycles. The lowest BCUT2D eigenvalue weighted by Gasteiger charge is -2.11. The summed E-state index contributed by atoms with van der Waals surface area (Å²) in [5, 5.41) is 0. The molecule has 3 aromatic rings. The van der Waals surface area contributed by atoms with Gasteiger partial charge in [0, 0.05) is 0 Å². The Kier molecular flexibility index (Phi) is 3.55. The molecular weight excluding hydrogens is 244 g/mol. The van der Waals surface area contributed by atoms with Gasteiger partial charge in [-0.3, -0.25) is 0 Å². The van der Waals surface area contributed by atoms with Gasteiger partial charge in [-0.05, 0) is 47.2 Å². The molecule has 0 spiro atoms. The second-order valence-corrected chi connectivity index (χ2v) is 5.23. The van der Waals surface area contributed by atoms with Gasteiger partial charge in [-0.15, -0.1) is 0 Å². The predicted octanol–water partition coefficient (Wildman–Crippen LogP) is 4.74. The van der Waals surface area contributed by atoms with Crippen molar-refractivity contribution in [2.24, 2.45) is 0 Å². The normalized spacial score (nSPS) is 11.1. The molecule has 0 saturated heterocycles. The second-order valence-electron chi connectivity index (χ2n) is 5.23. The molecular formula is C18H20N2. The first kappa shape index (κ1) is 12.9. The zero-order valence-electron chi connectivity index (χ0n) is 12.1. The highest BCUT2D eigenvalue weighted by atomic mass is 14.9. The average Bonchev–Trinajstić information content (AvgIpc) is 2.95. The molecule has 1 aromatic heterocycles. The van der Waals surface area contributed by atoms with Crippen molar-refractivity contribution in [1.82, 2.24) is 9.97 Å². The molecule has 0 atom stereocenters. The van der Waals surface area contributed by atoms with E-state index in [2.05, 4.69) is 60.2 Å². The second kappa shape index (κ2) is 5.49. The van der Waals surface area contributed by atoms with Gasteiger partial charge in [0.15, 0.2) is 0 Å². The number of aromatic nitrogens is 2. The van der Waals surface area contributed by atoms with E-state index in [0.717, 1.165) is 23.9 Å². The molecule has 0 aliphatic carbocycles. The lowest BCUT2D eigenvalue weighted by atomic mass is 9.94. The van der Waals surface area contributed by atoms with Gasteiger partial charge in [0.1, 0.15) is 0 Å². The number of aryl methyl sites for hydroxylation is 2. The van der Waals surface area contributed by atoms with Crippen LogP contribution in [0.3, 0.4) is 0 Å². The molecule has 2 nitrogen and oxygen atoms in total. The van der Waals surface area contributed by atoms with E-state index in [9.17, 15) is 0 Å². The van der Waals surface area contributed by atoms with E-state index in [0.29, 0.717) is 0 Å². The zero-order valence-corrected chi connectivity index (χ0v) is 12.1. The summed E-state index contributed by atoms with van der Waals surface area (Å²) in [5.74, 6) is 0. The zero-order chi connectivity index (χ0) is 13.9. The average molecular weight is 264 g/mol. The number of nitrogens with zero attached hydrogens (tertiary/aromatic N) is 1. The van der Waals surface area contributed by atoms with E-state index < -0.39 is 0 Å². The molecule has 0 aliphatic heterocycles. The molecule has 2 heteroatoms. The Hall–Kier alpha value is -2.09. The Morgan fingerprint density at radius 2 is 1.95 bits per heavy atom. The number of H-pyrrole nitrogens is 1. The number of rotatable bonds is 4. The smallest absolute Gasteiger partial charge is 0.0931 e. The van der Waals surface area contributed by atoms with Crippen molar-refractivity contribution in [3.8, 4) is 11.1 Å². The van der Waals surface area contributed by atoms with Gasteiger partial charge in [-0.25, -0.2) is 4.98 Å². The van der Waals surface area contributed by atoms with Crippen molar-refractivity contribution in [2.45, 2.75) is 33.1 Å². The van der Waals surface area contributed by atoms with E-state index in [4.69, 9.17) is 0 Å². The Bertz CT molecular complexity index is 725. The fourth-order valence-electron chi connectivity index (χ4n) is 2.75. The van der Waals surface area contributed by atoms with Gasteiger partial charge >= 0.3 is 0 Å². The minimum atomic E-state index is 1.02. The quantitative estimate of drug-likeness (QED) is 0.724. The van der Waals surface area contributed by atoms with Crippen LogP contribution in [0.2, 0.25) is 0 Å². The largest absolute Gasteiger partial charge is 0.345 e. The summed E-state index contributed by atoms with van der Waals surface area (Å²) < 4.78 is 0. The van der Waals surface area contributed by atoms with Crippen molar-refractivity contribution >= 4 is 11.0 Å². The summed E-state index contributed by atoms with van der Waals surface area (Å²) >= 11 is 0. The Morgan fingerprint density at radius 1 is 1.05 bits per heavy atom. The molecule has 0 radical (unpaired) electrons. The third kappa shape index (κ3) is 2.34. The third-order valence-corrected chi connectivity index (χ3v) is 3.83. The van der Waals surface area contributed by atoms with Gasteiger partial charge in [0.25, 0.3) is 0 Å². The highest BCUT2D eigenvalue weighted by Crippen LogP contribution is 2.28. The SMILES string of the molecule is CCCc1ccc(CC)c(-c2ccc3nc[nH]c3c2)c1. The fraction of sp³-hybridized carbons (Fsp3) is 0.278. The summed E-state index contributed by atoms with van der Waals surface area (Å²) in [7, 11) is 0. The highest BCUT2D eigenvalue weighted by molar-refractivity contribution is 5.82. The van der Waals surface area contributed by atoms with Crippen LogP contribution in [-0.4, -0.2) is 9.97 Å². The van der Waals surface area contributed by atoms with Crippen LogP contribution in [0.5, 0.6) is 0 Å². The first-order valence-corrected chi connectivity index (χ1v) is 7.37. The van der Waals surface area contributed by atoms with Gasteiger partial charge in [0.2, 0.25) is 0 Å². The van der Waals surface area contributed by atoms with Crippen molar-refractivity contribution in [3.05, 3.63) is 53.9 Å².